The van der Waals surface area contributed by atoms with Crippen molar-refractivity contribution in [3.63, 3.8) is 0 Å². The number of hydrogen-bond acceptors (Lipinski definition) is 5. The van der Waals surface area contributed by atoms with Gasteiger partial charge in [-0.2, -0.15) is 0 Å². The van der Waals surface area contributed by atoms with Crippen LogP contribution in [0, 0.1) is 0 Å². The lowest BCUT2D eigenvalue weighted by atomic mass is 10.1. The topological polar surface area (TPSA) is 59.1 Å². The van der Waals surface area contributed by atoms with Crippen LogP contribution in [-0.4, -0.2) is 73.7 Å². The number of ether oxygens (including phenoxy) is 2. The molecule has 1 amide bonds. The molecule has 1 fully saturated rings. The number of rotatable bonds is 14. The van der Waals surface area contributed by atoms with Gasteiger partial charge in [0.05, 0.1) is 13.2 Å². The van der Waals surface area contributed by atoms with E-state index >= 15 is 0 Å². The molecule has 0 saturated carbocycles. The Morgan fingerprint density at radius 3 is 2.19 bits per heavy atom. The quantitative estimate of drug-likeness (QED) is 0.340. The van der Waals surface area contributed by atoms with Crippen LogP contribution in [0.1, 0.15) is 72.1 Å². The van der Waals surface area contributed by atoms with Crippen molar-refractivity contribution in [3.05, 3.63) is 0 Å². The maximum absolute atomic E-state index is 11.9. The summed E-state index contributed by atoms with van der Waals surface area (Å²) in [4.78, 5) is 27.5. The van der Waals surface area contributed by atoms with E-state index in [1.165, 1.54) is 19.8 Å². The maximum Gasteiger partial charge on any atom is 0.302 e. The van der Waals surface area contributed by atoms with Gasteiger partial charge in [0.25, 0.3) is 0 Å². The van der Waals surface area contributed by atoms with Gasteiger partial charge in [-0.25, -0.2) is 0 Å². The average molecular weight is 385 g/mol. The van der Waals surface area contributed by atoms with Gasteiger partial charge in [0.1, 0.15) is 6.10 Å². The fourth-order valence-corrected chi connectivity index (χ4v) is 3.58. The number of amides is 1. The van der Waals surface area contributed by atoms with Crippen LogP contribution in [0.15, 0.2) is 0 Å². The first kappa shape index (κ1) is 23.9. The molecule has 0 aromatic rings. The Morgan fingerprint density at radius 2 is 1.59 bits per heavy atom. The van der Waals surface area contributed by atoms with Gasteiger partial charge >= 0.3 is 5.97 Å². The van der Waals surface area contributed by atoms with E-state index in [1.54, 1.807) is 0 Å². The summed E-state index contributed by atoms with van der Waals surface area (Å²) in [6.07, 6.45) is 8.30. The van der Waals surface area contributed by atoms with E-state index in [4.69, 9.17) is 9.47 Å². The van der Waals surface area contributed by atoms with E-state index in [9.17, 15) is 9.59 Å². The van der Waals surface area contributed by atoms with Crippen LogP contribution in [0.25, 0.3) is 0 Å². The van der Waals surface area contributed by atoms with E-state index in [2.05, 4.69) is 4.90 Å². The van der Waals surface area contributed by atoms with Gasteiger partial charge in [0, 0.05) is 46.1 Å². The summed E-state index contributed by atoms with van der Waals surface area (Å²) >= 11 is 0. The maximum atomic E-state index is 11.9. The first-order valence-electron chi connectivity index (χ1n) is 10.8. The number of carbonyl (C=O) groups excluding carboxylic acids is 2. The standard InChI is InChI=1S/C21H40N2O4/c1-4-23(5-2)21(25)13-11-9-7-6-8-10-12-20(27-19(3)24)18-22-14-16-26-17-15-22/h20H,4-18H2,1-3H3. The van der Waals surface area contributed by atoms with Crippen LogP contribution in [0.5, 0.6) is 0 Å². The molecule has 0 aliphatic carbocycles. The van der Waals surface area contributed by atoms with E-state index < -0.39 is 0 Å². The highest BCUT2D eigenvalue weighted by Gasteiger charge is 2.18. The van der Waals surface area contributed by atoms with E-state index in [1.807, 2.05) is 18.7 Å². The van der Waals surface area contributed by atoms with Crippen molar-refractivity contribution in [2.24, 2.45) is 0 Å². The van der Waals surface area contributed by atoms with Crippen LogP contribution >= 0.6 is 0 Å². The molecule has 0 N–H and O–H groups in total. The highest BCUT2D eigenvalue weighted by molar-refractivity contribution is 5.76. The van der Waals surface area contributed by atoms with Gasteiger partial charge in [-0.3, -0.25) is 14.5 Å². The molecule has 27 heavy (non-hydrogen) atoms. The predicted molar refractivity (Wildman–Crippen MR) is 108 cm³/mol. The molecule has 6 nitrogen and oxygen atoms in total. The SMILES string of the molecule is CCN(CC)C(=O)CCCCCCCCC(CN1CCOCC1)OC(C)=O. The Kier molecular flexibility index (Phi) is 13.2. The van der Waals surface area contributed by atoms with E-state index in [-0.39, 0.29) is 18.0 Å². The van der Waals surface area contributed by atoms with Gasteiger partial charge in [-0.15, -0.1) is 0 Å². The Balaban J connectivity index is 2.09. The molecule has 1 saturated heterocycles. The second-order valence-electron chi connectivity index (χ2n) is 7.37. The summed E-state index contributed by atoms with van der Waals surface area (Å²) in [5.74, 6) is 0.0958. The van der Waals surface area contributed by atoms with Gasteiger partial charge in [-0.05, 0) is 33.1 Å². The van der Waals surface area contributed by atoms with Gasteiger partial charge in [0.15, 0.2) is 0 Å². The Hall–Kier alpha value is -1.14. The molecule has 0 bridgehead atoms. The number of nitrogens with zero attached hydrogens (tertiary/aromatic N) is 2. The average Bonchev–Trinajstić information content (AvgIpc) is 2.65. The van der Waals surface area contributed by atoms with Crippen molar-refractivity contribution in [2.75, 3.05) is 45.9 Å². The summed E-state index contributed by atoms with van der Waals surface area (Å²) in [7, 11) is 0. The first-order valence-corrected chi connectivity index (χ1v) is 10.8. The summed E-state index contributed by atoms with van der Waals surface area (Å²) in [5.41, 5.74) is 0. The molecule has 1 aliphatic rings. The van der Waals surface area contributed by atoms with Crippen LogP contribution in [0.2, 0.25) is 0 Å². The number of esters is 1. The number of carbonyl (C=O) groups is 2. The molecule has 1 atom stereocenters. The van der Waals surface area contributed by atoms with Gasteiger partial charge < -0.3 is 14.4 Å². The molecular formula is C21H40N2O4. The normalized spacial score (nSPS) is 16.1. The summed E-state index contributed by atoms with van der Waals surface area (Å²) in [6, 6.07) is 0. The lowest BCUT2D eigenvalue weighted by molar-refractivity contribution is -0.148. The lowest BCUT2D eigenvalue weighted by Crippen LogP contribution is -2.42. The van der Waals surface area contributed by atoms with Crippen LogP contribution in [0.3, 0.4) is 0 Å². The molecule has 1 rings (SSSR count). The molecule has 158 valence electrons. The van der Waals surface area contributed by atoms with Crippen LogP contribution < -0.4 is 0 Å². The summed E-state index contributed by atoms with van der Waals surface area (Å²) < 4.78 is 10.9. The third-order valence-corrected chi connectivity index (χ3v) is 5.18. The van der Waals surface area contributed by atoms with E-state index in [0.717, 1.165) is 78.0 Å². The predicted octanol–water partition coefficient (Wildman–Crippen LogP) is 3.24. The van der Waals surface area contributed by atoms with Crippen LogP contribution in [-0.2, 0) is 19.1 Å². The molecule has 1 heterocycles. The highest BCUT2D eigenvalue weighted by atomic mass is 16.5. The fraction of sp³-hybridized carbons (Fsp3) is 0.905. The number of hydrogen-bond donors (Lipinski definition) is 0. The monoisotopic (exact) mass is 384 g/mol. The second kappa shape index (κ2) is 14.9. The van der Waals surface area contributed by atoms with Gasteiger partial charge in [0.2, 0.25) is 5.91 Å². The first-order chi connectivity index (χ1) is 13.1. The fourth-order valence-electron chi connectivity index (χ4n) is 3.58. The van der Waals surface area contributed by atoms with Crippen molar-refractivity contribution in [1.82, 2.24) is 9.80 Å². The third-order valence-electron chi connectivity index (χ3n) is 5.18. The minimum atomic E-state index is -0.189. The Morgan fingerprint density at radius 1 is 1.00 bits per heavy atom. The van der Waals surface area contributed by atoms with Crippen molar-refractivity contribution in [2.45, 2.75) is 78.2 Å². The smallest absolute Gasteiger partial charge is 0.302 e. The van der Waals surface area contributed by atoms with Crippen molar-refractivity contribution in [1.29, 1.82) is 0 Å². The van der Waals surface area contributed by atoms with Gasteiger partial charge in [-0.1, -0.05) is 25.7 Å². The van der Waals surface area contributed by atoms with E-state index in [0.29, 0.717) is 6.42 Å². The zero-order chi connectivity index (χ0) is 19.9. The Labute approximate surface area is 165 Å². The Bertz CT molecular complexity index is 407. The summed E-state index contributed by atoms with van der Waals surface area (Å²) in [5, 5.41) is 0. The molecule has 0 aromatic carbocycles. The largest absolute Gasteiger partial charge is 0.461 e. The van der Waals surface area contributed by atoms with Crippen molar-refractivity contribution < 1.29 is 19.1 Å². The van der Waals surface area contributed by atoms with Crippen LogP contribution in [0.4, 0.5) is 0 Å². The summed E-state index contributed by atoms with van der Waals surface area (Å²) in [6.45, 7) is 11.4. The highest BCUT2D eigenvalue weighted by Crippen LogP contribution is 2.13. The number of unbranched alkanes of at least 4 members (excludes halogenated alkanes) is 5. The minimum Gasteiger partial charge on any atom is -0.461 e. The molecular weight excluding hydrogens is 344 g/mol. The molecule has 0 radical (unpaired) electrons. The minimum absolute atomic E-state index is 0.00714. The van der Waals surface area contributed by atoms with Crippen molar-refractivity contribution >= 4 is 11.9 Å². The van der Waals surface area contributed by atoms with Crippen molar-refractivity contribution in [3.8, 4) is 0 Å². The molecule has 0 spiro atoms. The molecule has 1 aliphatic heterocycles. The lowest BCUT2D eigenvalue weighted by Gasteiger charge is -2.30. The molecule has 1 unspecified atom stereocenters. The zero-order valence-corrected chi connectivity index (χ0v) is 17.7. The number of morpholine rings is 1. The zero-order valence-electron chi connectivity index (χ0n) is 17.7. The second-order valence-corrected chi connectivity index (χ2v) is 7.37. The molecule has 6 heteroatoms. The third kappa shape index (κ3) is 11.3. The molecule has 0 aromatic heterocycles.